The molecule has 0 saturated carbocycles. The van der Waals surface area contributed by atoms with Gasteiger partial charge >= 0.3 is 7.60 Å². The van der Waals surface area contributed by atoms with Gasteiger partial charge in [-0.2, -0.15) is 0 Å². The fraction of sp³-hybridized carbons (Fsp3) is 0.413. The number of nitrogens with zero attached hydrogens (tertiary/aromatic N) is 3. The van der Waals surface area contributed by atoms with Crippen LogP contribution < -0.4 is 47.9 Å². The van der Waals surface area contributed by atoms with Crippen LogP contribution in [0.3, 0.4) is 0 Å². The standard InChI is InChI=1S/C46H61N10O10P.4ClH/c1-26-34(24-50-40(52-26)29-8-11-31(12-9-29)46(3,4)5)42(58)54-35(15-16-47)45(61)56(6)39-30-10-14-38(66-20-18-49)33(23-30)32-21-28(7-13-37(32)65-19-17-48)22-36(43(59)51-25-67(62,63)64)55-41(57)27(2)53-44(39)60;;;;/h7-14,21,23-24,27,35-36,39H,15-20,22,25,47-49H2,1-6H3,(H,51,59)(H,53,60)(H,54,58)(H,55,57)(H2,62,63,64);4*1H/t27-,35-,36-,39-;;;;/m0..../s1. The highest BCUT2D eigenvalue weighted by molar-refractivity contribution is 7.51. The molecule has 0 spiro atoms. The number of rotatable bonds is 16. The van der Waals surface area contributed by atoms with Crippen molar-refractivity contribution in [3.8, 4) is 34.0 Å². The number of aryl methyl sites for hydroxylation is 1. The van der Waals surface area contributed by atoms with Crippen LogP contribution in [0.1, 0.15) is 72.9 Å². The summed E-state index contributed by atoms with van der Waals surface area (Å²) in [6.45, 7) is 9.84. The summed E-state index contributed by atoms with van der Waals surface area (Å²) in [6, 6.07) is 12.2. The molecule has 0 fully saturated rings. The van der Waals surface area contributed by atoms with Crippen molar-refractivity contribution < 1.29 is 47.8 Å². The summed E-state index contributed by atoms with van der Waals surface area (Å²) in [7, 11) is -3.31. The maximum atomic E-state index is 14.7. The van der Waals surface area contributed by atoms with Crippen LogP contribution in [-0.4, -0.2) is 118 Å². The van der Waals surface area contributed by atoms with Crippen molar-refractivity contribution in [3.63, 3.8) is 0 Å². The zero-order valence-electron chi connectivity index (χ0n) is 40.1. The van der Waals surface area contributed by atoms with E-state index < -0.39 is 67.6 Å². The number of halogens is 4. The summed E-state index contributed by atoms with van der Waals surface area (Å²) in [6.07, 6.45) is 0.212. The number of carbonyl (C=O) groups is 5. The smallest absolute Gasteiger partial charge is 0.344 e. The third-order valence-electron chi connectivity index (χ3n) is 11.0. The third kappa shape index (κ3) is 17.0. The molecule has 1 aliphatic rings. The second-order valence-corrected chi connectivity index (χ2v) is 18.8. The summed E-state index contributed by atoms with van der Waals surface area (Å²) < 4.78 is 23.8. The predicted octanol–water partition coefficient (Wildman–Crippen LogP) is 3.22. The minimum absolute atomic E-state index is 0. The quantitative estimate of drug-likeness (QED) is 0.0728. The van der Waals surface area contributed by atoms with Crippen LogP contribution in [0.4, 0.5) is 0 Å². The second kappa shape index (κ2) is 28.2. The average Bonchev–Trinajstić information content (AvgIpc) is 3.28. The Balaban J connectivity index is 0.00000630. The van der Waals surface area contributed by atoms with Crippen molar-refractivity contribution >= 4 is 86.8 Å². The number of ether oxygens (including phenoxy) is 2. The van der Waals surface area contributed by atoms with Crippen molar-refractivity contribution in [3.05, 3.63) is 94.8 Å². The lowest BCUT2D eigenvalue weighted by atomic mass is 9.87. The monoisotopic (exact) mass is 1090 g/mol. The molecule has 0 unspecified atom stereocenters. The van der Waals surface area contributed by atoms with Gasteiger partial charge in [0.15, 0.2) is 5.82 Å². The largest absolute Gasteiger partial charge is 0.492 e. The molecule has 12 N–H and O–H groups in total. The highest BCUT2D eigenvalue weighted by atomic mass is 35.5. The van der Waals surface area contributed by atoms with Crippen molar-refractivity contribution in [1.82, 2.24) is 36.1 Å². The highest BCUT2D eigenvalue weighted by Crippen LogP contribution is 2.40. The molecule has 4 bridgehead atoms. The van der Waals surface area contributed by atoms with Gasteiger partial charge in [0.05, 0.1) is 11.3 Å². The summed E-state index contributed by atoms with van der Waals surface area (Å²) in [5.41, 5.74) is 21.5. The predicted molar refractivity (Wildman–Crippen MR) is 280 cm³/mol. The van der Waals surface area contributed by atoms with Gasteiger partial charge in [-0.05, 0) is 73.2 Å². The van der Waals surface area contributed by atoms with Crippen molar-refractivity contribution in [2.75, 3.05) is 46.2 Å². The molecule has 4 atom stereocenters. The van der Waals surface area contributed by atoms with E-state index in [2.05, 4.69) is 52.0 Å². The van der Waals surface area contributed by atoms with E-state index in [1.807, 2.05) is 24.3 Å². The SMILES string of the molecule is Cc1nc(-c2ccc(C(C)(C)C)cc2)ncc1C(=O)N[C@@H](CCN)C(=O)N(C)[C@@H]1C(=O)N[C@@H](C)C(=O)N[C@H](C(=O)NCP(=O)(O)O)Cc2ccc(OCCN)c(c2)-c2cc1ccc2OCCN.Cl.Cl.Cl.Cl. The molecule has 25 heteroatoms. The minimum Gasteiger partial charge on any atom is -0.492 e. The fourth-order valence-electron chi connectivity index (χ4n) is 7.37. The minimum atomic E-state index is -4.69. The molecule has 3 aromatic carbocycles. The fourth-order valence-corrected chi connectivity index (χ4v) is 7.73. The number of benzene rings is 3. The molecular weight excluding hydrogens is 1030 g/mol. The van der Waals surface area contributed by atoms with Crippen LogP contribution in [-0.2, 0) is 35.6 Å². The number of nitrogens with two attached hydrogens (primary N) is 3. The lowest BCUT2D eigenvalue weighted by Gasteiger charge is -2.32. The number of nitrogens with one attached hydrogen (secondary N) is 4. The molecular formula is C46H65Cl4N10O10P. The summed E-state index contributed by atoms with van der Waals surface area (Å²) >= 11 is 0. The van der Waals surface area contributed by atoms with Gasteiger partial charge in [-0.15, -0.1) is 49.6 Å². The maximum absolute atomic E-state index is 14.7. The van der Waals surface area contributed by atoms with Gasteiger partial charge in [0.1, 0.15) is 55.2 Å². The first-order valence-electron chi connectivity index (χ1n) is 21.7. The van der Waals surface area contributed by atoms with E-state index in [1.54, 1.807) is 43.3 Å². The lowest BCUT2D eigenvalue weighted by Crippen LogP contribution is -2.56. The number of amides is 5. The first kappa shape index (κ1) is 63.9. The van der Waals surface area contributed by atoms with E-state index in [9.17, 15) is 38.3 Å². The van der Waals surface area contributed by atoms with E-state index in [0.29, 0.717) is 39.7 Å². The van der Waals surface area contributed by atoms with Gasteiger partial charge in [0.2, 0.25) is 23.6 Å². The third-order valence-corrected chi connectivity index (χ3v) is 11.5. The van der Waals surface area contributed by atoms with Crippen LogP contribution in [0.5, 0.6) is 11.5 Å². The molecule has 392 valence electrons. The Morgan fingerprint density at radius 1 is 0.873 bits per heavy atom. The Morgan fingerprint density at radius 2 is 1.46 bits per heavy atom. The molecule has 0 radical (unpaired) electrons. The highest BCUT2D eigenvalue weighted by Gasteiger charge is 2.36. The zero-order valence-corrected chi connectivity index (χ0v) is 44.3. The van der Waals surface area contributed by atoms with Crippen LogP contribution in [0.15, 0.2) is 66.9 Å². The number of fused-ring (bicyclic) bond motifs is 5. The summed E-state index contributed by atoms with van der Waals surface area (Å²) in [5, 5.41) is 10.2. The normalized spacial score (nSPS) is 16.0. The van der Waals surface area contributed by atoms with Crippen LogP contribution in [0, 0.1) is 6.92 Å². The Kier molecular flexibility index (Phi) is 25.4. The molecule has 2 heterocycles. The van der Waals surface area contributed by atoms with Gasteiger partial charge in [-0.1, -0.05) is 57.2 Å². The van der Waals surface area contributed by atoms with Gasteiger partial charge in [0, 0.05) is 49.4 Å². The van der Waals surface area contributed by atoms with Crippen LogP contribution in [0.25, 0.3) is 22.5 Å². The zero-order chi connectivity index (χ0) is 49.2. The number of aromatic nitrogens is 2. The topological polar surface area (TPSA) is 317 Å². The van der Waals surface area contributed by atoms with E-state index in [1.165, 1.54) is 20.2 Å². The van der Waals surface area contributed by atoms with E-state index >= 15 is 0 Å². The van der Waals surface area contributed by atoms with E-state index in [4.69, 9.17) is 26.7 Å². The molecule has 5 amide bonds. The molecule has 4 aromatic rings. The van der Waals surface area contributed by atoms with Crippen molar-refractivity contribution in [2.45, 2.75) is 77.0 Å². The Morgan fingerprint density at radius 3 is 2.01 bits per heavy atom. The second-order valence-electron chi connectivity index (χ2n) is 17.2. The van der Waals surface area contributed by atoms with Gasteiger partial charge in [-0.25, -0.2) is 9.97 Å². The van der Waals surface area contributed by atoms with Crippen LogP contribution >= 0.6 is 57.2 Å². The van der Waals surface area contributed by atoms with Crippen molar-refractivity contribution in [1.29, 1.82) is 0 Å². The summed E-state index contributed by atoms with van der Waals surface area (Å²) in [5.74, 6) is -2.83. The Hall–Kier alpha value is -5.12. The molecule has 1 aromatic heterocycles. The van der Waals surface area contributed by atoms with Crippen molar-refractivity contribution in [2.24, 2.45) is 17.2 Å². The number of carbonyl (C=O) groups excluding carboxylic acids is 5. The molecule has 1 aliphatic heterocycles. The first-order valence-corrected chi connectivity index (χ1v) is 23.5. The molecule has 0 aliphatic carbocycles. The van der Waals surface area contributed by atoms with Crippen LogP contribution in [0.2, 0.25) is 0 Å². The molecule has 71 heavy (non-hydrogen) atoms. The molecule has 5 rings (SSSR count). The van der Waals surface area contributed by atoms with Gasteiger partial charge in [-0.3, -0.25) is 28.5 Å². The first-order chi connectivity index (χ1) is 31.6. The number of hydrogen-bond donors (Lipinski definition) is 9. The Labute approximate surface area is 437 Å². The van der Waals surface area contributed by atoms with Gasteiger partial charge in [0.25, 0.3) is 5.91 Å². The number of hydrogen-bond acceptors (Lipinski definition) is 13. The van der Waals surface area contributed by atoms with E-state index in [0.717, 1.165) is 16.0 Å². The maximum Gasteiger partial charge on any atom is 0.344 e. The summed E-state index contributed by atoms with van der Waals surface area (Å²) in [4.78, 5) is 99.4. The van der Waals surface area contributed by atoms with E-state index in [-0.39, 0.29) is 112 Å². The molecule has 0 saturated heterocycles. The van der Waals surface area contributed by atoms with Gasteiger partial charge < -0.3 is 62.6 Å². The lowest BCUT2D eigenvalue weighted by molar-refractivity contribution is -0.141. The number of likely N-dealkylation sites (N-methyl/N-ethyl adjacent to an activating group) is 1. The average molecular weight is 1090 g/mol. The Bertz CT molecular complexity index is 2520. The molecule has 20 nitrogen and oxygen atoms in total.